The second kappa shape index (κ2) is 7.34. The predicted molar refractivity (Wildman–Crippen MR) is 60.1 cm³/mol. The number of hydrogen-bond acceptors (Lipinski definition) is 9. The van der Waals surface area contributed by atoms with E-state index in [1.165, 1.54) is 4.72 Å². The number of aliphatic hydroxyl groups is 3. The van der Waals surface area contributed by atoms with Gasteiger partial charge in [-0.2, -0.15) is 21.6 Å². The Balaban J connectivity index is 5.42. The molecule has 0 fully saturated rings. The van der Waals surface area contributed by atoms with Crippen LogP contribution in [0.25, 0.3) is 0 Å². The number of aliphatic hydroxyl groups excluding tert-OH is 3. The molecular formula is C6H13NO11S2. The van der Waals surface area contributed by atoms with Crippen molar-refractivity contribution in [2.45, 2.75) is 24.4 Å². The van der Waals surface area contributed by atoms with Gasteiger partial charge in [-0.1, -0.05) is 0 Å². The molecule has 0 saturated heterocycles. The van der Waals surface area contributed by atoms with Crippen LogP contribution in [0.5, 0.6) is 0 Å². The first-order chi connectivity index (χ1) is 8.91. The van der Waals surface area contributed by atoms with Crippen LogP contribution in [0, 0.1) is 0 Å². The molecule has 0 aromatic heterocycles. The van der Waals surface area contributed by atoms with Crippen molar-refractivity contribution in [3.63, 3.8) is 0 Å². The predicted octanol–water partition coefficient (Wildman–Crippen LogP) is -4.15. The lowest BCUT2D eigenvalue weighted by atomic mass is 10.0. The third-order valence-electron chi connectivity index (χ3n) is 1.94. The summed E-state index contributed by atoms with van der Waals surface area (Å²) >= 11 is 0. The first kappa shape index (κ1) is 19.3. The molecule has 12 nitrogen and oxygen atoms in total. The molecule has 4 atom stereocenters. The van der Waals surface area contributed by atoms with Crippen molar-refractivity contribution in [2.75, 3.05) is 6.61 Å². The van der Waals surface area contributed by atoms with E-state index in [0.29, 0.717) is 0 Å². The maximum absolute atomic E-state index is 10.7. The van der Waals surface area contributed by atoms with Gasteiger partial charge in [0.05, 0.1) is 6.61 Å². The van der Waals surface area contributed by atoms with Gasteiger partial charge in [-0.25, -0.2) is 4.18 Å². The molecule has 6 N–H and O–H groups in total. The monoisotopic (exact) mass is 339 g/mol. The molecule has 0 aromatic rings. The minimum Gasteiger partial charge on any atom is -0.394 e. The molecule has 0 aliphatic rings. The summed E-state index contributed by atoms with van der Waals surface area (Å²) < 4.78 is 64.3. The fourth-order valence-electron chi connectivity index (χ4n) is 1.14. The Kier molecular flexibility index (Phi) is 7.08. The summed E-state index contributed by atoms with van der Waals surface area (Å²) in [5.41, 5.74) is 0. The average Bonchev–Trinajstić information content (AvgIpc) is 2.29. The summed E-state index contributed by atoms with van der Waals surface area (Å²) in [4.78, 5) is 10.7. The van der Waals surface area contributed by atoms with Crippen LogP contribution >= 0.6 is 0 Å². The van der Waals surface area contributed by atoms with Crippen molar-refractivity contribution in [3.8, 4) is 0 Å². The first-order valence-electron chi connectivity index (χ1n) is 4.74. The Labute approximate surface area is 113 Å². The van der Waals surface area contributed by atoms with Crippen LogP contribution in [-0.2, 0) is 29.7 Å². The molecule has 20 heavy (non-hydrogen) atoms. The second-order valence-corrected chi connectivity index (χ2v) is 5.72. The standard InChI is InChI=1S/C6H13NO11S2/c8-1-3(7-19(12,13)14)6(18-20(15,16)17)5(11)4(10)2-9/h1,3-7,9-11H,2H2,(H,12,13,14)(H,15,16,17)/t3-,4+,5+,6+/m0/s1. The number of nitrogens with one attached hydrogen (secondary N) is 1. The van der Waals surface area contributed by atoms with Gasteiger partial charge in [0.2, 0.25) is 0 Å². The van der Waals surface area contributed by atoms with Crippen molar-refractivity contribution in [3.05, 3.63) is 0 Å². The smallest absolute Gasteiger partial charge is 0.394 e. The summed E-state index contributed by atoms with van der Waals surface area (Å²) in [6.07, 6.45) is -6.91. The van der Waals surface area contributed by atoms with E-state index in [1.807, 2.05) is 0 Å². The maximum Gasteiger partial charge on any atom is 0.397 e. The quantitative estimate of drug-likeness (QED) is 0.175. The Morgan fingerprint density at radius 2 is 1.65 bits per heavy atom. The van der Waals surface area contributed by atoms with E-state index in [-0.39, 0.29) is 6.29 Å². The van der Waals surface area contributed by atoms with Crippen LogP contribution < -0.4 is 4.72 Å². The molecule has 0 heterocycles. The Morgan fingerprint density at radius 3 is 1.95 bits per heavy atom. The van der Waals surface area contributed by atoms with E-state index < -0.39 is 51.7 Å². The van der Waals surface area contributed by atoms with Crippen molar-refractivity contribution in [1.82, 2.24) is 4.72 Å². The fraction of sp³-hybridized carbons (Fsp3) is 0.833. The maximum atomic E-state index is 10.7. The van der Waals surface area contributed by atoms with Crippen molar-refractivity contribution >= 4 is 27.0 Å². The van der Waals surface area contributed by atoms with E-state index in [9.17, 15) is 26.7 Å². The topological polar surface area (TPSA) is 208 Å². The molecule has 0 aromatic carbocycles. The van der Waals surface area contributed by atoms with Crippen molar-refractivity contribution in [2.24, 2.45) is 0 Å². The lowest BCUT2D eigenvalue weighted by Gasteiger charge is -2.27. The highest BCUT2D eigenvalue weighted by Gasteiger charge is 2.38. The fourth-order valence-corrected chi connectivity index (χ4v) is 2.19. The minimum atomic E-state index is -5.25. The molecule has 0 unspecified atom stereocenters. The minimum absolute atomic E-state index is 0.267. The largest absolute Gasteiger partial charge is 0.397 e. The third-order valence-corrected chi connectivity index (χ3v) is 2.97. The van der Waals surface area contributed by atoms with Crippen LogP contribution in [0.4, 0.5) is 0 Å². The van der Waals surface area contributed by atoms with E-state index >= 15 is 0 Å². The highest BCUT2D eigenvalue weighted by atomic mass is 32.3. The number of hydrogen-bond donors (Lipinski definition) is 6. The van der Waals surface area contributed by atoms with Crippen LogP contribution in [0.2, 0.25) is 0 Å². The molecular weight excluding hydrogens is 326 g/mol. The van der Waals surface area contributed by atoms with Gasteiger partial charge in [0, 0.05) is 0 Å². The molecule has 0 radical (unpaired) electrons. The lowest BCUT2D eigenvalue weighted by Crippen LogP contribution is -2.55. The molecule has 120 valence electrons. The van der Waals surface area contributed by atoms with E-state index in [1.54, 1.807) is 0 Å². The molecule has 0 saturated carbocycles. The van der Waals surface area contributed by atoms with Gasteiger partial charge in [-0.3, -0.25) is 9.11 Å². The Morgan fingerprint density at radius 1 is 1.15 bits per heavy atom. The third kappa shape index (κ3) is 7.17. The van der Waals surface area contributed by atoms with Crippen LogP contribution in [0.15, 0.2) is 0 Å². The lowest BCUT2D eigenvalue weighted by molar-refractivity contribution is -0.117. The molecule has 0 bridgehead atoms. The summed E-state index contributed by atoms with van der Waals surface area (Å²) in [5.74, 6) is 0. The van der Waals surface area contributed by atoms with Gasteiger partial charge < -0.3 is 20.1 Å². The van der Waals surface area contributed by atoms with Crippen LogP contribution in [0.3, 0.4) is 0 Å². The van der Waals surface area contributed by atoms with E-state index in [4.69, 9.17) is 19.3 Å². The van der Waals surface area contributed by atoms with Crippen LogP contribution in [0.1, 0.15) is 0 Å². The van der Waals surface area contributed by atoms with E-state index in [2.05, 4.69) is 4.18 Å². The molecule has 0 aliphatic heterocycles. The number of carbonyl (C=O) groups excluding carboxylic acids is 1. The SMILES string of the molecule is O=C[C@H](NS(=O)(=O)O)[C@@H](OS(=O)(=O)O)[C@H](O)[C@H](O)CO. The van der Waals surface area contributed by atoms with Crippen LogP contribution in [-0.4, -0.2) is 78.5 Å². The number of rotatable bonds is 9. The van der Waals surface area contributed by atoms with Gasteiger partial charge >= 0.3 is 20.7 Å². The molecule has 0 spiro atoms. The van der Waals surface area contributed by atoms with Gasteiger partial charge in [-0.15, -0.1) is 0 Å². The van der Waals surface area contributed by atoms with Crippen molar-refractivity contribution in [1.29, 1.82) is 0 Å². The average molecular weight is 339 g/mol. The summed E-state index contributed by atoms with van der Waals surface area (Å²) in [6, 6.07) is -2.18. The molecule has 14 heteroatoms. The number of aldehydes is 1. The zero-order valence-corrected chi connectivity index (χ0v) is 11.2. The Hall–Kier alpha value is -0.710. The van der Waals surface area contributed by atoms with Gasteiger partial charge in [-0.05, 0) is 0 Å². The molecule has 0 amide bonds. The summed E-state index contributed by atoms with van der Waals surface area (Å²) in [7, 11) is -10.2. The van der Waals surface area contributed by atoms with Crippen molar-refractivity contribution < 1.29 is 50.2 Å². The first-order valence-corrected chi connectivity index (χ1v) is 7.54. The highest BCUT2D eigenvalue weighted by Crippen LogP contribution is 2.12. The second-order valence-electron chi connectivity index (χ2n) is 3.48. The zero-order valence-electron chi connectivity index (χ0n) is 9.60. The van der Waals surface area contributed by atoms with Gasteiger partial charge in [0.25, 0.3) is 0 Å². The zero-order chi connectivity index (χ0) is 16.1. The molecule has 0 aliphatic carbocycles. The highest BCUT2D eigenvalue weighted by molar-refractivity contribution is 7.83. The van der Waals surface area contributed by atoms with E-state index in [0.717, 1.165) is 0 Å². The van der Waals surface area contributed by atoms with Gasteiger partial charge in [0.1, 0.15) is 30.6 Å². The van der Waals surface area contributed by atoms with Gasteiger partial charge in [0.15, 0.2) is 0 Å². The summed E-state index contributed by atoms with van der Waals surface area (Å²) in [5, 5.41) is 27.2. The molecule has 0 rings (SSSR count). The normalized spacial score (nSPS) is 19.1. The summed E-state index contributed by atoms with van der Waals surface area (Å²) in [6.45, 7) is -1.09. The number of carbonyl (C=O) groups is 1. The Bertz CT molecular complexity index is 513.